The molecule has 1 heterocycles. The lowest BCUT2D eigenvalue weighted by atomic mass is 9.99. The molecule has 0 saturated heterocycles. The highest BCUT2D eigenvalue weighted by Crippen LogP contribution is 2.28. The highest BCUT2D eigenvalue weighted by atomic mass is 19.1. The number of rotatable bonds is 3. The van der Waals surface area contributed by atoms with Gasteiger partial charge in [0, 0.05) is 5.56 Å². The first-order valence-electron chi connectivity index (χ1n) is 5.90. The molecular weight excluding hydrogens is 247 g/mol. The first-order chi connectivity index (χ1) is 8.95. The van der Waals surface area contributed by atoms with E-state index in [0.717, 1.165) is 5.56 Å². The van der Waals surface area contributed by atoms with Gasteiger partial charge in [-0.05, 0) is 39.0 Å². The maximum Gasteiger partial charge on any atom is 0.200 e. The van der Waals surface area contributed by atoms with Gasteiger partial charge in [0.25, 0.3) is 0 Å². The van der Waals surface area contributed by atoms with Gasteiger partial charge >= 0.3 is 0 Å². The number of carbonyl (C=O) groups is 1. The van der Waals surface area contributed by atoms with Gasteiger partial charge in [-0.1, -0.05) is 0 Å². The summed E-state index contributed by atoms with van der Waals surface area (Å²) in [4.78, 5) is 12.5. The Morgan fingerprint density at radius 3 is 2.42 bits per heavy atom. The van der Waals surface area contributed by atoms with E-state index in [1.54, 1.807) is 13.8 Å². The van der Waals surface area contributed by atoms with E-state index >= 15 is 0 Å². The highest BCUT2D eigenvalue weighted by molar-refractivity contribution is 6.12. The first kappa shape index (κ1) is 13.3. The molecule has 0 saturated carbocycles. The minimum absolute atomic E-state index is 0.203. The van der Waals surface area contributed by atoms with Crippen molar-refractivity contribution in [3.8, 4) is 5.75 Å². The summed E-state index contributed by atoms with van der Waals surface area (Å²) in [6, 6.07) is 3.89. The van der Waals surface area contributed by atoms with Gasteiger partial charge in [0.1, 0.15) is 23.1 Å². The lowest BCUT2D eigenvalue weighted by Gasteiger charge is -2.07. The molecule has 0 N–H and O–H groups in total. The minimum atomic E-state index is -0.473. The molecule has 0 bridgehead atoms. The van der Waals surface area contributed by atoms with Crippen LogP contribution in [0.5, 0.6) is 5.75 Å². The Balaban J connectivity index is 2.59. The Labute approximate surface area is 111 Å². The Morgan fingerprint density at radius 1 is 1.21 bits per heavy atom. The van der Waals surface area contributed by atoms with Crippen LogP contribution in [0, 0.1) is 26.6 Å². The molecule has 0 aliphatic carbocycles. The van der Waals surface area contributed by atoms with Gasteiger partial charge in [-0.2, -0.15) is 0 Å². The van der Waals surface area contributed by atoms with Gasteiger partial charge in [-0.15, -0.1) is 0 Å². The lowest BCUT2D eigenvalue weighted by molar-refractivity contribution is 0.103. The third kappa shape index (κ3) is 2.26. The summed E-state index contributed by atoms with van der Waals surface area (Å²) >= 11 is 0. The fourth-order valence-electron chi connectivity index (χ4n) is 2.12. The van der Waals surface area contributed by atoms with Crippen LogP contribution in [-0.4, -0.2) is 12.9 Å². The smallest absolute Gasteiger partial charge is 0.200 e. The number of halogens is 1. The Kier molecular flexibility index (Phi) is 3.42. The molecule has 19 heavy (non-hydrogen) atoms. The Hall–Kier alpha value is -2.10. The summed E-state index contributed by atoms with van der Waals surface area (Å²) in [5.41, 5.74) is 1.45. The van der Waals surface area contributed by atoms with E-state index in [0.29, 0.717) is 22.8 Å². The van der Waals surface area contributed by atoms with E-state index in [4.69, 9.17) is 9.15 Å². The molecule has 0 unspecified atom stereocenters. The predicted octanol–water partition coefficient (Wildman–Crippen LogP) is 3.58. The maximum atomic E-state index is 13.3. The molecule has 2 rings (SSSR count). The Morgan fingerprint density at radius 2 is 1.89 bits per heavy atom. The molecule has 0 spiro atoms. The van der Waals surface area contributed by atoms with Crippen molar-refractivity contribution in [2.24, 2.45) is 0 Å². The van der Waals surface area contributed by atoms with Crippen molar-refractivity contribution >= 4 is 5.78 Å². The SMILES string of the molecule is COc1ccc(F)cc1C(=O)c1c(C)oc(C)c1C. The number of furan rings is 1. The zero-order valence-corrected chi connectivity index (χ0v) is 11.3. The van der Waals surface area contributed by atoms with Gasteiger partial charge < -0.3 is 9.15 Å². The second-order valence-electron chi connectivity index (χ2n) is 4.39. The number of ketones is 1. The van der Waals surface area contributed by atoms with Crippen LogP contribution < -0.4 is 4.74 Å². The van der Waals surface area contributed by atoms with Crippen molar-refractivity contribution in [2.75, 3.05) is 7.11 Å². The Bertz CT molecular complexity index is 641. The fourth-order valence-corrected chi connectivity index (χ4v) is 2.12. The molecule has 1 aromatic heterocycles. The van der Waals surface area contributed by atoms with Crippen molar-refractivity contribution in [2.45, 2.75) is 20.8 Å². The normalized spacial score (nSPS) is 10.6. The molecule has 0 atom stereocenters. The third-order valence-electron chi connectivity index (χ3n) is 3.19. The van der Waals surface area contributed by atoms with Crippen LogP contribution in [0.3, 0.4) is 0 Å². The second kappa shape index (κ2) is 4.88. The van der Waals surface area contributed by atoms with Crippen LogP contribution in [-0.2, 0) is 0 Å². The van der Waals surface area contributed by atoms with Crippen LogP contribution in [0.15, 0.2) is 22.6 Å². The number of ether oxygens (including phenoxy) is 1. The number of benzene rings is 1. The van der Waals surface area contributed by atoms with E-state index in [2.05, 4.69) is 0 Å². The minimum Gasteiger partial charge on any atom is -0.496 e. The quantitative estimate of drug-likeness (QED) is 0.794. The molecule has 2 aromatic rings. The topological polar surface area (TPSA) is 39.4 Å². The van der Waals surface area contributed by atoms with Gasteiger partial charge in [0.05, 0.1) is 18.2 Å². The van der Waals surface area contributed by atoms with Crippen LogP contribution in [0.4, 0.5) is 4.39 Å². The summed E-state index contributed by atoms with van der Waals surface area (Å²) in [5.74, 6) is 0.814. The molecule has 4 heteroatoms. The zero-order chi connectivity index (χ0) is 14.2. The highest BCUT2D eigenvalue weighted by Gasteiger charge is 2.23. The third-order valence-corrected chi connectivity index (χ3v) is 3.19. The number of hydrogen-bond acceptors (Lipinski definition) is 3. The maximum absolute atomic E-state index is 13.3. The van der Waals surface area contributed by atoms with Crippen molar-refractivity contribution in [3.63, 3.8) is 0 Å². The van der Waals surface area contributed by atoms with Gasteiger partial charge in [0.2, 0.25) is 5.78 Å². The molecule has 0 radical (unpaired) electrons. The monoisotopic (exact) mass is 262 g/mol. The summed E-state index contributed by atoms with van der Waals surface area (Å²) in [5, 5.41) is 0. The number of hydrogen-bond donors (Lipinski definition) is 0. The standard InChI is InChI=1S/C15H15FO3/c1-8-9(2)19-10(3)14(8)15(17)12-7-11(16)5-6-13(12)18-4/h5-7H,1-4H3. The van der Waals surface area contributed by atoms with Crippen molar-refractivity contribution in [1.29, 1.82) is 0 Å². The van der Waals surface area contributed by atoms with Crippen LogP contribution in [0.25, 0.3) is 0 Å². The van der Waals surface area contributed by atoms with Gasteiger partial charge in [0.15, 0.2) is 0 Å². The van der Waals surface area contributed by atoms with Crippen LogP contribution in [0.2, 0.25) is 0 Å². The molecule has 0 aliphatic rings. The van der Waals surface area contributed by atoms with E-state index in [1.807, 2.05) is 6.92 Å². The predicted molar refractivity (Wildman–Crippen MR) is 69.3 cm³/mol. The van der Waals surface area contributed by atoms with Crippen LogP contribution in [0.1, 0.15) is 33.0 Å². The molecule has 3 nitrogen and oxygen atoms in total. The summed E-state index contributed by atoms with van der Waals surface area (Å²) in [6.45, 7) is 5.33. The first-order valence-corrected chi connectivity index (χ1v) is 5.90. The molecule has 0 aliphatic heterocycles. The molecule has 1 aromatic carbocycles. The fraction of sp³-hybridized carbons (Fsp3) is 0.267. The van der Waals surface area contributed by atoms with E-state index in [9.17, 15) is 9.18 Å². The molecule has 100 valence electrons. The number of aryl methyl sites for hydroxylation is 2. The summed E-state index contributed by atoms with van der Waals surface area (Å²) in [7, 11) is 1.45. The second-order valence-corrected chi connectivity index (χ2v) is 4.39. The van der Waals surface area contributed by atoms with E-state index in [-0.39, 0.29) is 11.3 Å². The van der Waals surface area contributed by atoms with Crippen molar-refractivity contribution < 1.29 is 18.3 Å². The number of methoxy groups -OCH3 is 1. The van der Waals surface area contributed by atoms with Crippen molar-refractivity contribution in [1.82, 2.24) is 0 Å². The summed E-state index contributed by atoms with van der Waals surface area (Å²) in [6.07, 6.45) is 0. The zero-order valence-electron chi connectivity index (χ0n) is 11.3. The molecular formula is C15H15FO3. The van der Waals surface area contributed by atoms with Gasteiger partial charge in [-0.3, -0.25) is 4.79 Å². The van der Waals surface area contributed by atoms with Crippen LogP contribution >= 0.6 is 0 Å². The average molecular weight is 262 g/mol. The van der Waals surface area contributed by atoms with E-state index < -0.39 is 5.82 Å². The van der Waals surface area contributed by atoms with Gasteiger partial charge in [-0.25, -0.2) is 4.39 Å². The average Bonchev–Trinajstić information content (AvgIpc) is 2.62. The largest absolute Gasteiger partial charge is 0.496 e. The lowest BCUT2D eigenvalue weighted by Crippen LogP contribution is -2.06. The molecule has 0 amide bonds. The van der Waals surface area contributed by atoms with Crippen molar-refractivity contribution in [3.05, 3.63) is 52.2 Å². The number of carbonyl (C=O) groups excluding carboxylic acids is 1. The molecule has 0 fully saturated rings. The summed E-state index contributed by atoms with van der Waals surface area (Å²) < 4.78 is 23.9. The van der Waals surface area contributed by atoms with E-state index in [1.165, 1.54) is 25.3 Å².